The Kier molecular flexibility index (Phi) is 4.49. The van der Waals surface area contributed by atoms with Gasteiger partial charge < -0.3 is 4.74 Å². The zero-order valence-electron chi connectivity index (χ0n) is 9.91. The minimum Gasteiger partial charge on any atom is -0.406 e. The number of alkyl halides is 3. The lowest BCUT2D eigenvalue weighted by Crippen LogP contribution is -2.17. The Morgan fingerprint density at radius 2 is 1.80 bits per heavy atom. The fraction of sp³-hybridized carbons (Fsp3) is 0.154. The van der Waals surface area contributed by atoms with Crippen molar-refractivity contribution in [1.29, 1.82) is 0 Å². The second-order valence-corrected chi connectivity index (χ2v) is 6.36. The number of carbonyl (C=O) groups is 1. The molecule has 106 valence electrons. The highest BCUT2D eigenvalue weighted by molar-refractivity contribution is 9.11. The van der Waals surface area contributed by atoms with Crippen LogP contribution in [0.5, 0.6) is 5.75 Å². The molecule has 1 aromatic heterocycles. The van der Waals surface area contributed by atoms with Crippen LogP contribution in [0, 0.1) is 0 Å². The number of Topliss-reactive ketones (excluding diaryl/α,β-unsaturated/α-hetero) is 1. The Balaban J connectivity index is 2.02. The van der Waals surface area contributed by atoms with Crippen molar-refractivity contribution in [2.75, 3.05) is 0 Å². The van der Waals surface area contributed by atoms with Crippen LogP contribution in [0.1, 0.15) is 15.2 Å². The number of carbonyl (C=O) groups excluding carboxylic acids is 1. The minimum absolute atomic E-state index is 0.0785. The first-order valence-corrected chi connectivity index (χ1v) is 7.08. The number of rotatable bonds is 4. The Labute approximate surface area is 125 Å². The van der Waals surface area contributed by atoms with Crippen LogP contribution in [0.25, 0.3) is 0 Å². The summed E-state index contributed by atoms with van der Waals surface area (Å²) in [6.45, 7) is 0. The highest BCUT2D eigenvalue weighted by Crippen LogP contribution is 2.25. The van der Waals surface area contributed by atoms with E-state index in [1.54, 1.807) is 12.1 Å². The smallest absolute Gasteiger partial charge is 0.406 e. The van der Waals surface area contributed by atoms with Crippen molar-refractivity contribution in [3.63, 3.8) is 0 Å². The number of ether oxygens (including phenoxy) is 1. The van der Waals surface area contributed by atoms with Gasteiger partial charge in [0.1, 0.15) is 5.75 Å². The quantitative estimate of drug-likeness (QED) is 0.726. The van der Waals surface area contributed by atoms with E-state index in [4.69, 9.17) is 0 Å². The highest BCUT2D eigenvalue weighted by atomic mass is 79.9. The lowest BCUT2D eigenvalue weighted by Gasteiger charge is -2.08. The van der Waals surface area contributed by atoms with Gasteiger partial charge >= 0.3 is 6.36 Å². The SMILES string of the molecule is O=C(Cc1ccc(OC(F)(F)F)cc1)c1ccc(Br)s1. The standard InChI is InChI=1S/C13H8BrF3O2S/c14-12-6-5-11(20-12)10(18)7-8-1-3-9(4-2-8)19-13(15,16)17/h1-6H,7H2. The van der Waals surface area contributed by atoms with E-state index >= 15 is 0 Å². The van der Waals surface area contributed by atoms with E-state index in [2.05, 4.69) is 20.7 Å². The molecule has 0 saturated heterocycles. The van der Waals surface area contributed by atoms with E-state index in [-0.39, 0.29) is 18.0 Å². The van der Waals surface area contributed by atoms with Crippen LogP contribution in [0.3, 0.4) is 0 Å². The molecule has 0 radical (unpaired) electrons. The van der Waals surface area contributed by atoms with Crippen molar-refractivity contribution in [3.8, 4) is 5.75 Å². The van der Waals surface area contributed by atoms with E-state index in [1.165, 1.54) is 35.6 Å². The number of hydrogen-bond donors (Lipinski definition) is 0. The fourth-order valence-electron chi connectivity index (χ4n) is 1.55. The van der Waals surface area contributed by atoms with E-state index < -0.39 is 6.36 Å². The van der Waals surface area contributed by atoms with Gasteiger partial charge in [0.05, 0.1) is 8.66 Å². The maximum atomic E-state index is 12.0. The van der Waals surface area contributed by atoms with Gasteiger partial charge in [0.2, 0.25) is 0 Å². The molecule has 2 rings (SSSR count). The lowest BCUT2D eigenvalue weighted by molar-refractivity contribution is -0.274. The summed E-state index contributed by atoms with van der Waals surface area (Å²) in [7, 11) is 0. The predicted octanol–water partition coefficient (Wildman–Crippen LogP) is 4.83. The van der Waals surface area contributed by atoms with Crippen LogP contribution >= 0.6 is 27.3 Å². The number of halogens is 4. The van der Waals surface area contributed by atoms with Crippen molar-refractivity contribution in [2.24, 2.45) is 0 Å². The fourth-order valence-corrected chi connectivity index (χ4v) is 2.87. The average molecular weight is 365 g/mol. The molecule has 0 saturated carbocycles. The molecule has 0 amide bonds. The van der Waals surface area contributed by atoms with Crippen molar-refractivity contribution in [2.45, 2.75) is 12.8 Å². The van der Waals surface area contributed by atoms with Gasteiger partial charge in [-0.25, -0.2) is 0 Å². The molecule has 0 aliphatic carbocycles. The van der Waals surface area contributed by atoms with Gasteiger partial charge in [-0.3, -0.25) is 4.79 Å². The molecule has 0 N–H and O–H groups in total. The van der Waals surface area contributed by atoms with E-state index in [0.29, 0.717) is 10.4 Å². The van der Waals surface area contributed by atoms with Crippen LogP contribution in [0.15, 0.2) is 40.2 Å². The summed E-state index contributed by atoms with van der Waals surface area (Å²) in [6, 6.07) is 8.76. The summed E-state index contributed by atoms with van der Waals surface area (Å²) >= 11 is 4.59. The summed E-state index contributed by atoms with van der Waals surface area (Å²) in [5.41, 5.74) is 0.633. The molecular formula is C13H8BrF3O2S. The van der Waals surface area contributed by atoms with Crippen molar-refractivity contribution < 1.29 is 22.7 Å². The normalized spacial score (nSPS) is 11.4. The van der Waals surface area contributed by atoms with E-state index in [0.717, 1.165) is 3.79 Å². The number of ketones is 1. The molecule has 7 heteroatoms. The summed E-state index contributed by atoms with van der Waals surface area (Å²) in [4.78, 5) is 12.5. The van der Waals surface area contributed by atoms with Crippen LogP contribution in [0.2, 0.25) is 0 Å². The molecule has 0 bridgehead atoms. The molecule has 0 unspecified atom stereocenters. The van der Waals surface area contributed by atoms with E-state index in [9.17, 15) is 18.0 Å². The van der Waals surface area contributed by atoms with Crippen LogP contribution in [-0.2, 0) is 6.42 Å². The van der Waals surface area contributed by atoms with Gasteiger partial charge in [-0.1, -0.05) is 12.1 Å². The van der Waals surface area contributed by atoms with Gasteiger partial charge in [0.15, 0.2) is 5.78 Å². The third-order valence-electron chi connectivity index (χ3n) is 2.37. The second kappa shape index (κ2) is 5.97. The molecule has 2 aromatic rings. The van der Waals surface area contributed by atoms with Crippen LogP contribution in [-0.4, -0.2) is 12.1 Å². The van der Waals surface area contributed by atoms with Crippen LogP contribution in [0.4, 0.5) is 13.2 Å². The lowest BCUT2D eigenvalue weighted by atomic mass is 10.1. The largest absolute Gasteiger partial charge is 0.573 e. The average Bonchev–Trinajstić information content (AvgIpc) is 2.77. The van der Waals surface area contributed by atoms with Gasteiger partial charge in [-0.05, 0) is 45.8 Å². The summed E-state index contributed by atoms with van der Waals surface area (Å²) < 4.78 is 40.6. The maximum Gasteiger partial charge on any atom is 0.573 e. The molecule has 20 heavy (non-hydrogen) atoms. The molecule has 1 heterocycles. The first kappa shape index (κ1) is 15.1. The Morgan fingerprint density at radius 1 is 1.15 bits per heavy atom. The molecule has 0 spiro atoms. The highest BCUT2D eigenvalue weighted by Gasteiger charge is 2.30. The van der Waals surface area contributed by atoms with Crippen LogP contribution < -0.4 is 4.74 Å². The maximum absolute atomic E-state index is 12.0. The summed E-state index contributed by atoms with van der Waals surface area (Å²) in [5.74, 6) is -0.377. The van der Waals surface area contributed by atoms with E-state index in [1.807, 2.05) is 0 Å². The minimum atomic E-state index is -4.71. The predicted molar refractivity (Wildman–Crippen MR) is 73.2 cm³/mol. The summed E-state index contributed by atoms with van der Waals surface area (Å²) in [5, 5.41) is 0. The monoisotopic (exact) mass is 364 g/mol. The second-order valence-electron chi connectivity index (χ2n) is 3.90. The third kappa shape index (κ3) is 4.35. The van der Waals surface area contributed by atoms with Crippen molar-refractivity contribution in [1.82, 2.24) is 0 Å². The first-order chi connectivity index (χ1) is 9.33. The first-order valence-electron chi connectivity index (χ1n) is 5.47. The Morgan fingerprint density at radius 3 is 2.30 bits per heavy atom. The zero-order valence-corrected chi connectivity index (χ0v) is 12.3. The third-order valence-corrected chi connectivity index (χ3v) is 4.03. The molecule has 0 atom stereocenters. The molecule has 0 fully saturated rings. The Bertz CT molecular complexity index is 605. The van der Waals surface area contributed by atoms with Gasteiger partial charge in [-0.2, -0.15) is 0 Å². The number of benzene rings is 1. The van der Waals surface area contributed by atoms with Gasteiger partial charge in [0, 0.05) is 6.42 Å². The van der Waals surface area contributed by atoms with Crippen molar-refractivity contribution >= 4 is 33.0 Å². The molecular weight excluding hydrogens is 357 g/mol. The number of hydrogen-bond acceptors (Lipinski definition) is 3. The zero-order chi connectivity index (χ0) is 14.8. The summed E-state index contributed by atoms with van der Waals surface area (Å²) in [6.07, 6.45) is -4.57. The number of thiophene rings is 1. The Hall–Kier alpha value is -1.34. The van der Waals surface area contributed by atoms with Gasteiger partial charge in [-0.15, -0.1) is 24.5 Å². The molecule has 0 aliphatic heterocycles. The van der Waals surface area contributed by atoms with Crippen molar-refractivity contribution in [3.05, 3.63) is 50.6 Å². The topological polar surface area (TPSA) is 26.3 Å². The molecule has 2 nitrogen and oxygen atoms in total. The van der Waals surface area contributed by atoms with Gasteiger partial charge in [0.25, 0.3) is 0 Å². The molecule has 1 aromatic carbocycles. The molecule has 0 aliphatic rings.